The predicted octanol–water partition coefficient (Wildman–Crippen LogP) is 3.35. The highest BCUT2D eigenvalue weighted by molar-refractivity contribution is 7.73. The van der Waals surface area contributed by atoms with E-state index in [0.29, 0.717) is 17.2 Å². The topological polar surface area (TPSA) is 35.5 Å². The van der Waals surface area contributed by atoms with Crippen molar-refractivity contribution in [3.63, 3.8) is 0 Å². The predicted molar refractivity (Wildman–Crippen MR) is 69.4 cm³/mol. The van der Waals surface area contributed by atoms with E-state index < -0.39 is 7.60 Å². The molecule has 0 aliphatic rings. The lowest BCUT2D eigenvalue weighted by Crippen LogP contribution is -2.08. The van der Waals surface area contributed by atoms with Crippen molar-refractivity contribution in [1.82, 2.24) is 0 Å². The van der Waals surface area contributed by atoms with Gasteiger partial charge in [-0.05, 0) is 11.3 Å². The second-order valence-electron chi connectivity index (χ2n) is 3.82. The van der Waals surface area contributed by atoms with E-state index in [0.717, 1.165) is 0 Å². The van der Waals surface area contributed by atoms with E-state index in [1.807, 2.05) is 0 Å². The highest BCUT2D eigenvalue weighted by Crippen LogP contribution is 2.61. The molecule has 0 fully saturated rings. The molecule has 0 aromatic heterocycles. The van der Waals surface area contributed by atoms with E-state index in [1.165, 1.54) is 14.2 Å². The van der Waals surface area contributed by atoms with Crippen LogP contribution in [-0.4, -0.2) is 39.9 Å². The van der Waals surface area contributed by atoms with E-state index in [9.17, 15) is 4.57 Å². The van der Waals surface area contributed by atoms with Gasteiger partial charge < -0.3 is 9.05 Å². The molecule has 0 heterocycles. The van der Waals surface area contributed by atoms with Crippen molar-refractivity contribution in [2.24, 2.45) is 0 Å². The van der Waals surface area contributed by atoms with Crippen molar-refractivity contribution in [2.45, 2.75) is 39.0 Å². The molecule has 3 radical (unpaired) electrons. The highest BCUT2D eigenvalue weighted by atomic mass is 31.2. The molecule has 0 saturated carbocycles. The molecule has 3 nitrogen and oxygen atoms in total. The first-order chi connectivity index (χ1) is 6.36. The summed E-state index contributed by atoms with van der Waals surface area (Å²) >= 11 is 0. The van der Waals surface area contributed by atoms with Gasteiger partial charge in [0.2, 0.25) is 0 Å². The first kappa shape index (κ1) is 18.0. The average molecular weight is 251 g/mol. The summed E-state index contributed by atoms with van der Waals surface area (Å²) in [4.78, 5) is 0. The Morgan fingerprint density at radius 2 is 1.40 bits per heavy atom. The molecule has 0 amide bonds. The van der Waals surface area contributed by atoms with Gasteiger partial charge in [0.15, 0.2) is 0 Å². The molecule has 0 aliphatic carbocycles. The smallest absolute Gasteiger partial charge is 0.312 e. The maximum atomic E-state index is 11.9. The van der Waals surface area contributed by atoms with Gasteiger partial charge in [0, 0.05) is 22.6 Å². The summed E-state index contributed by atoms with van der Waals surface area (Å²) in [5.41, 5.74) is 1.12. The summed E-state index contributed by atoms with van der Waals surface area (Å²) in [6.07, 6.45) is 0. The minimum absolute atomic E-state index is 0. The summed E-state index contributed by atoms with van der Waals surface area (Å²) in [7, 11) is -0.194. The molecule has 89 valence electrons. The van der Waals surface area contributed by atoms with Crippen molar-refractivity contribution in [2.75, 3.05) is 20.1 Å². The van der Waals surface area contributed by atoms with Gasteiger partial charge in [-0.2, -0.15) is 0 Å². The minimum atomic E-state index is -2.82. The zero-order valence-electron chi connectivity index (χ0n) is 10.6. The fourth-order valence-electron chi connectivity index (χ4n) is 1.31. The Labute approximate surface area is 97.2 Å². The van der Waals surface area contributed by atoms with Crippen LogP contribution in [0.3, 0.4) is 0 Å². The maximum absolute atomic E-state index is 11.9. The van der Waals surface area contributed by atoms with Crippen LogP contribution in [-0.2, 0) is 13.6 Å². The van der Waals surface area contributed by atoms with Crippen molar-refractivity contribution in [3.8, 4) is 0 Å². The largest absolute Gasteiger partial charge is 0.334 e. The average Bonchev–Trinajstić information content (AvgIpc) is 2.13. The highest BCUT2D eigenvalue weighted by Gasteiger charge is 2.29. The maximum Gasteiger partial charge on any atom is 0.334 e. The van der Waals surface area contributed by atoms with Gasteiger partial charge in [-0.3, -0.25) is 4.57 Å². The Bertz CT molecular complexity index is 194. The van der Waals surface area contributed by atoms with Gasteiger partial charge in [-0.1, -0.05) is 35.6 Å². The molecule has 0 spiro atoms. The van der Waals surface area contributed by atoms with Gasteiger partial charge in [0.05, 0.1) is 5.90 Å². The molecule has 0 atom stereocenters. The summed E-state index contributed by atoms with van der Waals surface area (Å²) in [5, 5.41) is 0. The molecule has 6 heteroatoms. The molecular formula is C9H22BO3P2. The Morgan fingerprint density at radius 3 is 1.60 bits per heavy atom. The standard InChI is InChI=1S/C9H22O3P2.B/c1-8(2)13(9(3)4)7-14(10,11-5)12-6;/h8-9H,7H2,1-6H3;. The lowest BCUT2D eigenvalue weighted by atomic mass is 10.5. The Kier molecular flexibility index (Phi) is 9.42. The Hall–Kier alpha value is 0.645. The van der Waals surface area contributed by atoms with Crippen LogP contribution in [0.2, 0.25) is 0 Å². The quantitative estimate of drug-likeness (QED) is 0.536. The van der Waals surface area contributed by atoms with Crippen molar-refractivity contribution in [3.05, 3.63) is 0 Å². The molecule has 0 unspecified atom stereocenters. The van der Waals surface area contributed by atoms with Crippen LogP contribution in [0.4, 0.5) is 0 Å². The monoisotopic (exact) mass is 251 g/mol. The molecule has 0 N–H and O–H groups in total. The van der Waals surface area contributed by atoms with Crippen LogP contribution in [0.5, 0.6) is 0 Å². The van der Waals surface area contributed by atoms with Crippen molar-refractivity contribution >= 4 is 23.9 Å². The zero-order valence-corrected chi connectivity index (χ0v) is 12.3. The molecular weight excluding hydrogens is 229 g/mol. The van der Waals surface area contributed by atoms with Crippen LogP contribution in [0.25, 0.3) is 0 Å². The number of hydrogen-bond donors (Lipinski definition) is 0. The molecule has 0 aromatic carbocycles. The van der Waals surface area contributed by atoms with Gasteiger partial charge in [-0.25, -0.2) is 0 Å². The van der Waals surface area contributed by atoms with Crippen molar-refractivity contribution < 1.29 is 13.6 Å². The van der Waals surface area contributed by atoms with Crippen LogP contribution in [0, 0.1) is 0 Å². The first-order valence-corrected chi connectivity index (χ1v) is 8.22. The molecule has 15 heavy (non-hydrogen) atoms. The van der Waals surface area contributed by atoms with Gasteiger partial charge in [0.25, 0.3) is 0 Å². The third kappa shape index (κ3) is 6.07. The van der Waals surface area contributed by atoms with Gasteiger partial charge in [-0.15, -0.1) is 0 Å². The molecule has 0 bridgehead atoms. The fourth-order valence-corrected chi connectivity index (χ4v) is 7.79. The van der Waals surface area contributed by atoms with Gasteiger partial charge >= 0.3 is 7.60 Å². The summed E-state index contributed by atoms with van der Waals surface area (Å²) in [6.45, 7) is 8.67. The van der Waals surface area contributed by atoms with E-state index in [4.69, 9.17) is 9.05 Å². The molecule has 0 rings (SSSR count). The van der Waals surface area contributed by atoms with E-state index in [2.05, 4.69) is 27.7 Å². The van der Waals surface area contributed by atoms with Crippen LogP contribution >= 0.6 is 15.5 Å². The fraction of sp³-hybridized carbons (Fsp3) is 1.00. The Morgan fingerprint density at radius 1 is 1.07 bits per heavy atom. The Balaban J connectivity index is 0. The lowest BCUT2D eigenvalue weighted by Gasteiger charge is -2.28. The van der Waals surface area contributed by atoms with Crippen molar-refractivity contribution in [1.29, 1.82) is 0 Å². The molecule has 0 aliphatic heterocycles. The summed E-state index contributed by atoms with van der Waals surface area (Å²) < 4.78 is 21.9. The van der Waals surface area contributed by atoms with E-state index in [-0.39, 0.29) is 16.3 Å². The lowest BCUT2D eigenvalue weighted by molar-refractivity contribution is 0.280. The normalized spacial score (nSPS) is 12.3. The zero-order chi connectivity index (χ0) is 11.4. The van der Waals surface area contributed by atoms with Crippen LogP contribution < -0.4 is 0 Å². The minimum Gasteiger partial charge on any atom is -0.312 e. The third-order valence-corrected chi connectivity index (χ3v) is 8.68. The number of hydrogen-bond acceptors (Lipinski definition) is 3. The van der Waals surface area contributed by atoms with E-state index in [1.54, 1.807) is 0 Å². The van der Waals surface area contributed by atoms with Gasteiger partial charge in [0.1, 0.15) is 0 Å². The second kappa shape index (κ2) is 7.84. The van der Waals surface area contributed by atoms with Crippen LogP contribution in [0.15, 0.2) is 0 Å². The van der Waals surface area contributed by atoms with Crippen LogP contribution in [0.1, 0.15) is 27.7 Å². The van der Waals surface area contributed by atoms with E-state index >= 15 is 0 Å². The SMILES string of the molecule is COP(=O)(CP(C(C)C)C(C)C)OC.[B]. The summed E-state index contributed by atoms with van der Waals surface area (Å²) in [6, 6.07) is 0. The second-order valence-corrected chi connectivity index (χ2v) is 10.00. The molecule has 0 saturated heterocycles. The summed E-state index contributed by atoms with van der Waals surface area (Å²) in [5.74, 6) is 0.574. The number of rotatable bonds is 6. The third-order valence-electron chi connectivity index (χ3n) is 2.22. The molecule has 0 aromatic rings. The first-order valence-electron chi connectivity index (χ1n) is 4.82.